The van der Waals surface area contributed by atoms with Gasteiger partial charge in [0.15, 0.2) is 0 Å². The molecule has 1 amide bonds. The molecule has 0 aromatic carbocycles. The number of hydrogen-bond donors (Lipinski definition) is 2. The van der Waals surface area contributed by atoms with Crippen LogP contribution in [0.4, 0.5) is 0 Å². The Morgan fingerprint density at radius 2 is 2.29 bits per heavy atom. The highest BCUT2D eigenvalue weighted by atomic mass is 35.5. The van der Waals surface area contributed by atoms with E-state index in [-0.39, 0.29) is 30.3 Å². The SMILES string of the molecule is CCOCC(C)NC(=O)C1CNC1.Cl. The normalized spacial score (nSPS) is 17.9. The molecule has 2 N–H and O–H groups in total. The largest absolute Gasteiger partial charge is 0.380 e. The highest BCUT2D eigenvalue weighted by molar-refractivity contribution is 5.85. The van der Waals surface area contributed by atoms with Crippen molar-refractivity contribution in [1.29, 1.82) is 0 Å². The van der Waals surface area contributed by atoms with E-state index in [1.165, 1.54) is 0 Å². The molecule has 1 unspecified atom stereocenters. The van der Waals surface area contributed by atoms with Crippen molar-refractivity contribution in [3.63, 3.8) is 0 Å². The van der Waals surface area contributed by atoms with Gasteiger partial charge in [0.05, 0.1) is 12.5 Å². The first-order chi connectivity index (χ1) is 6.24. The summed E-state index contributed by atoms with van der Waals surface area (Å²) in [4.78, 5) is 11.4. The molecule has 1 aliphatic rings. The molecule has 1 atom stereocenters. The molecule has 84 valence electrons. The summed E-state index contributed by atoms with van der Waals surface area (Å²) in [6.45, 7) is 6.83. The zero-order valence-electron chi connectivity index (χ0n) is 8.71. The predicted molar refractivity (Wildman–Crippen MR) is 57.7 cm³/mol. The van der Waals surface area contributed by atoms with Crippen LogP contribution in [0.25, 0.3) is 0 Å². The van der Waals surface area contributed by atoms with E-state index in [2.05, 4.69) is 10.6 Å². The predicted octanol–water partition coefficient (Wildman–Crippen LogP) is 0.169. The maximum atomic E-state index is 11.4. The Bertz CT molecular complexity index is 174. The standard InChI is InChI=1S/C9H18N2O2.ClH/c1-3-13-6-7(2)11-9(12)8-4-10-5-8;/h7-8,10H,3-6H2,1-2H3,(H,11,12);1H. The molecule has 1 fully saturated rings. The van der Waals surface area contributed by atoms with Gasteiger partial charge in [-0.15, -0.1) is 12.4 Å². The minimum absolute atomic E-state index is 0. The Balaban J connectivity index is 0.00000169. The monoisotopic (exact) mass is 222 g/mol. The summed E-state index contributed by atoms with van der Waals surface area (Å²) in [6, 6.07) is 0.119. The first-order valence-electron chi connectivity index (χ1n) is 4.83. The number of halogens is 1. The van der Waals surface area contributed by atoms with E-state index < -0.39 is 0 Å². The lowest BCUT2D eigenvalue weighted by Crippen LogP contribution is -2.52. The van der Waals surface area contributed by atoms with Gasteiger partial charge in [-0.3, -0.25) is 4.79 Å². The molecular formula is C9H19ClN2O2. The molecule has 1 heterocycles. The average molecular weight is 223 g/mol. The second kappa shape index (κ2) is 7.04. The van der Waals surface area contributed by atoms with Gasteiger partial charge in [0, 0.05) is 25.7 Å². The van der Waals surface area contributed by atoms with E-state index >= 15 is 0 Å². The van der Waals surface area contributed by atoms with Gasteiger partial charge in [-0.2, -0.15) is 0 Å². The molecule has 5 heteroatoms. The number of nitrogens with one attached hydrogen (secondary N) is 2. The lowest BCUT2D eigenvalue weighted by atomic mass is 10.0. The van der Waals surface area contributed by atoms with Crippen LogP contribution in [0.3, 0.4) is 0 Å². The third-order valence-corrected chi connectivity index (χ3v) is 2.11. The molecule has 1 aliphatic heterocycles. The number of amides is 1. The van der Waals surface area contributed by atoms with Gasteiger partial charge in [-0.1, -0.05) is 0 Å². The van der Waals surface area contributed by atoms with Crippen LogP contribution in [0.5, 0.6) is 0 Å². The molecule has 0 spiro atoms. The topological polar surface area (TPSA) is 50.4 Å². The minimum atomic E-state index is 0. The maximum Gasteiger partial charge on any atom is 0.225 e. The first-order valence-corrected chi connectivity index (χ1v) is 4.83. The van der Waals surface area contributed by atoms with Crippen molar-refractivity contribution in [2.24, 2.45) is 5.92 Å². The van der Waals surface area contributed by atoms with Crippen molar-refractivity contribution in [3.05, 3.63) is 0 Å². The molecule has 1 rings (SSSR count). The molecule has 0 aromatic heterocycles. The minimum Gasteiger partial charge on any atom is -0.380 e. The fraction of sp³-hybridized carbons (Fsp3) is 0.889. The van der Waals surface area contributed by atoms with Gasteiger partial charge in [0.25, 0.3) is 0 Å². The average Bonchev–Trinajstić information content (AvgIpc) is 1.97. The van der Waals surface area contributed by atoms with Crippen LogP contribution >= 0.6 is 12.4 Å². The molecule has 0 bridgehead atoms. The van der Waals surface area contributed by atoms with Crippen LogP contribution in [-0.4, -0.2) is 38.3 Å². The molecule has 0 saturated carbocycles. The number of ether oxygens (including phenoxy) is 1. The Labute approximate surface area is 91.2 Å². The van der Waals surface area contributed by atoms with Gasteiger partial charge in [-0.05, 0) is 13.8 Å². The van der Waals surface area contributed by atoms with Crippen molar-refractivity contribution >= 4 is 18.3 Å². The smallest absolute Gasteiger partial charge is 0.225 e. The Hall–Kier alpha value is -0.320. The Morgan fingerprint density at radius 3 is 2.71 bits per heavy atom. The highest BCUT2D eigenvalue weighted by Crippen LogP contribution is 2.02. The Morgan fingerprint density at radius 1 is 1.64 bits per heavy atom. The molecule has 14 heavy (non-hydrogen) atoms. The number of carbonyl (C=O) groups is 1. The Kier molecular flexibility index (Phi) is 6.87. The highest BCUT2D eigenvalue weighted by Gasteiger charge is 2.25. The molecular weight excluding hydrogens is 204 g/mol. The van der Waals surface area contributed by atoms with Crippen LogP contribution < -0.4 is 10.6 Å². The van der Waals surface area contributed by atoms with Gasteiger partial charge in [0.1, 0.15) is 0 Å². The van der Waals surface area contributed by atoms with Gasteiger partial charge in [0.2, 0.25) is 5.91 Å². The zero-order chi connectivity index (χ0) is 9.68. The summed E-state index contributed by atoms with van der Waals surface area (Å²) in [6.07, 6.45) is 0. The molecule has 0 radical (unpaired) electrons. The second-order valence-electron chi connectivity index (χ2n) is 3.42. The summed E-state index contributed by atoms with van der Waals surface area (Å²) in [5.41, 5.74) is 0. The van der Waals surface area contributed by atoms with E-state index in [1.54, 1.807) is 0 Å². The number of hydrogen-bond acceptors (Lipinski definition) is 3. The third-order valence-electron chi connectivity index (χ3n) is 2.11. The second-order valence-corrected chi connectivity index (χ2v) is 3.42. The fourth-order valence-corrected chi connectivity index (χ4v) is 1.17. The van der Waals surface area contributed by atoms with Crippen molar-refractivity contribution < 1.29 is 9.53 Å². The van der Waals surface area contributed by atoms with Gasteiger partial charge < -0.3 is 15.4 Å². The quantitative estimate of drug-likeness (QED) is 0.697. The van der Waals surface area contributed by atoms with E-state index in [0.29, 0.717) is 13.2 Å². The lowest BCUT2D eigenvalue weighted by Gasteiger charge is -2.27. The fourth-order valence-electron chi connectivity index (χ4n) is 1.17. The van der Waals surface area contributed by atoms with E-state index in [0.717, 1.165) is 13.1 Å². The summed E-state index contributed by atoms with van der Waals surface area (Å²) >= 11 is 0. The van der Waals surface area contributed by atoms with Crippen molar-refractivity contribution in [3.8, 4) is 0 Å². The first kappa shape index (κ1) is 13.7. The maximum absolute atomic E-state index is 11.4. The molecule has 0 aliphatic carbocycles. The number of carbonyl (C=O) groups excluding carboxylic acids is 1. The zero-order valence-corrected chi connectivity index (χ0v) is 9.52. The lowest BCUT2D eigenvalue weighted by molar-refractivity contribution is -0.127. The molecule has 1 saturated heterocycles. The van der Waals surface area contributed by atoms with Crippen molar-refractivity contribution in [2.75, 3.05) is 26.3 Å². The van der Waals surface area contributed by atoms with Crippen LogP contribution in [0.2, 0.25) is 0 Å². The van der Waals surface area contributed by atoms with Crippen LogP contribution in [0, 0.1) is 5.92 Å². The summed E-state index contributed by atoms with van der Waals surface area (Å²) in [5, 5.41) is 5.98. The van der Waals surface area contributed by atoms with Crippen molar-refractivity contribution in [1.82, 2.24) is 10.6 Å². The van der Waals surface area contributed by atoms with Gasteiger partial charge in [-0.25, -0.2) is 0 Å². The van der Waals surface area contributed by atoms with E-state index in [1.807, 2.05) is 13.8 Å². The molecule has 4 nitrogen and oxygen atoms in total. The summed E-state index contributed by atoms with van der Waals surface area (Å²) in [5.74, 6) is 0.315. The van der Waals surface area contributed by atoms with Crippen LogP contribution in [0.15, 0.2) is 0 Å². The molecule has 0 aromatic rings. The summed E-state index contributed by atoms with van der Waals surface area (Å²) < 4.78 is 5.20. The summed E-state index contributed by atoms with van der Waals surface area (Å²) in [7, 11) is 0. The van der Waals surface area contributed by atoms with Crippen LogP contribution in [0.1, 0.15) is 13.8 Å². The van der Waals surface area contributed by atoms with Crippen molar-refractivity contribution in [2.45, 2.75) is 19.9 Å². The van der Waals surface area contributed by atoms with E-state index in [9.17, 15) is 4.79 Å². The third kappa shape index (κ3) is 4.26. The van der Waals surface area contributed by atoms with E-state index in [4.69, 9.17) is 4.74 Å². The number of rotatable bonds is 5. The van der Waals surface area contributed by atoms with Gasteiger partial charge >= 0.3 is 0 Å². The van der Waals surface area contributed by atoms with Crippen LogP contribution in [-0.2, 0) is 9.53 Å².